The molecule has 1 unspecified atom stereocenters. The first kappa shape index (κ1) is 11.8. The van der Waals surface area contributed by atoms with E-state index < -0.39 is 6.04 Å². The van der Waals surface area contributed by atoms with E-state index in [0.717, 1.165) is 11.1 Å². The Labute approximate surface area is 101 Å². The summed E-state index contributed by atoms with van der Waals surface area (Å²) in [5.41, 5.74) is 9.93. The Hall–Kier alpha value is -1.67. The summed E-state index contributed by atoms with van der Waals surface area (Å²) in [5.74, 6) is -0.250. The maximum Gasteiger partial charge on any atom is 0.128 e. The van der Waals surface area contributed by atoms with Crippen molar-refractivity contribution in [3.63, 3.8) is 0 Å². The third kappa shape index (κ3) is 2.37. The Balaban J connectivity index is 2.44. The Morgan fingerprint density at radius 1 is 1.00 bits per heavy atom. The molecular formula is C15H16FN. The standard InChI is InChI=1S/C15H16FN/c1-10-7-8-12(11(2)9-10)15(17)13-5-3-4-6-14(13)16/h3-9,15H,17H2,1-2H3. The number of benzene rings is 2. The van der Waals surface area contributed by atoms with Gasteiger partial charge in [0.05, 0.1) is 6.04 Å². The van der Waals surface area contributed by atoms with Crippen LogP contribution in [0.3, 0.4) is 0 Å². The number of aryl methyl sites for hydroxylation is 2. The molecule has 0 aliphatic rings. The monoisotopic (exact) mass is 229 g/mol. The summed E-state index contributed by atoms with van der Waals surface area (Å²) in [5, 5.41) is 0. The molecule has 0 amide bonds. The number of rotatable bonds is 2. The van der Waals surface area contributed by atoms with Crippen LogP contribution in [0.5, 0.6) is 0 Å². The van der Waals surface area contributed by atoms with Gasteiger partial charge in [-0.25, -0.2) is 4.39 Å². The van der Waals surface area contributed by atoms with E-state index in [-0.39, 0.29) is 5.82 Å². The summed E-state index contributed by atoms with van der Waals surface area (Å²) < 4.78 is 13.7. The van der Waals surface area contributed by atoms with E-state index in [2.05, 4.69) is 6.07 Å². The lowest BCUT2D eigenvalue weighted by atomic mass is 9.94. The molecule has 2 aromatic rings. The van der Waals surface area contributed by atoms with Crippen LogP contribution in [0.1, 0.15) is 28.3 Å². The van der Waals surface area contributed by atoms with E-state index in [1.54, 1.807) is 12.1 Å². The molecule has 2 aromatic carbocycles. The quantitative estimate of drug-likeness (QED) is 0.838. The third-order valence-electron chi connectivity index (χ3n) is 3.00. The van der Waals surface area contributed by atoms with Crippen LogP contribution in [0.4, 0.5) is 4.39 Å². The van der Waals surface area contributed by atoms with Crippen LogP contribution in [-0.2, 0) is 0 Å². The minimum Gasteiger partial charge on any atom is -0.320 e. The fraction of sp³-hybridized carbons (Fsp3) is 0.200. The first-order chi connectivity index (χ1) is 8.09. The van der Waals surface area contributed by atoms with Gasteiger partial charge in [-0.2, -0.15) is 0 Å². The molecule has 88 valence electrons. The molecule has 0 heterocycles. The van der Waals surface area contributed by atoms with E-state index >= 15 is 0 Å². The molecule has 2 heteroatoms. The van der Waals surface area contributed by atoms with E-state index in [9.17, 15) is 4.39 Å². The van der Waals surface area contributed by atoms with E-state index in [1.807, 2.05) is 32.0 Å². The normalized spacial score (nSPS) is 12.5. The summed E-state index contributed by atoms with van der Waals surface area (Å²) in [7, 11) is 0. The van der Waals surface area contributed by atoms with Crippen molar-refractivity contribution in [2.75, 3.05) is 0 Å². The van der Waals surface area contributed by atoms with Gasteiger partial charge < -0.3 is 5.73 Å². The smallest absolute Gasteiger partial charge is 0.128 e. The lowest BCUT2D eigenvalue weighted by molar-refractivity contribution is 0.599. The maximum atomic E-state index is 13.7. The second-order valence-electron chi connectivity index (χ2n) is 4.36. The van der Waals surface area contributed by atoms with Crippen LogP contribution in [0, 0.1) is 19.7 Å². The zero-order valence-electron chi connectivity index (χ0n) is 10.1. The summed E-state index contributed by atoms with van der Waals surface area (Å²) in [4.78, 5) is 0. The molecule has 2 rings (SSSR count). The van der Waals surface area contributed by atoms with Gasteiger partial charge in [0.1, 0.15) is 5.82 Å². The lowest BCUT2D eigenvalue weighted by Gasteiger charge is -2.16. The minimum atomic E-state index is -0.406. The van der Waals surface area contributed by atoms with Crippen LogP contribution in [0.25, 0.3) is 0 Å². The molecular weight excluding hydrogens is 213 g/mol. The molecule has 1 atom stereocenters. The average Bonchev–Trinajstić information content (AvgIpc) is 2.29. The van der Waals surface area contributed by atoms with Gasteiger partial charge in [-0.05, 0) is 31.0 Å². The van der Waals surface area contributed by atoms with Gasteiger partial charge in [-0.1, -0.05) is 42.0 Å². The Bertz CT molecular complexity index is 534. The van der Waals surface area contributed by atoms with Crippen molar-refractivity contribution in [3.8, 4) is 0 Å². The SMILES string of the molecule is Cc1ccc(C(N)c2ccccc2F)c(C)c1. The number of nitrogens with two attached hydrogens (primary N) is 1. The predicted molar refractivity (Wildman–Crippen MR) is 68.3 cm³/mol. The first-order valence-electron chi connectivity index (χ1n) is 5.67. The Kier molecular flexibility index (Phi) is 3.25. The molecule has 1 nitrogen and oxygen atoms in total. The fourth-order valence-corrected chi connectivity index (χ4v) is 2.07. The molecule has 0 radical (unpaired) electrons. The molecule has 0 spiro atoms. The summed E-state index contributed by atoms with van der Waals surface area (Å²) in [6.07, 6.45) is 0. The van der Waals surface area contributed by atoms with Crippen molar-refractivity contribution in [2.24, 2.45) is 5.73 Å². The van der Waals surface area contributed by atoms with E-state index in [4.69, 9.17) is 5.73 Å². The molecule has 0 bridgehead atoms. The van der Waals surface area contributed by atoms with Gasteiger partial charge in [0.15, 0.2) is 0 Å². The van der Waals surface area contributed by atoms with Gasteiger partial charge in [0.25, 0.3) is 0 Å². The molecule has 2 N–H and O–H groups in total. The average molecular weight is 229 g/mol. The summed E-state index contributed by atoms with van der Waals surface area (Å²) in [6.45, 7) is 4.04. The third-order valence-corrected chi connectivity index (χ3v) is 3.00. The highest BCUT2D eigenvalue weighted by molar-refractivity contribution is 5.38. The summed E-state index contributed by atoms with van der Waals surface area (Å²) >= 11 is 0. The number of hydrogen-bond acceptors (Lipinski definition) is 1. The largest absolute Gasteiger partial charge is 0.320 e. The lowest BCUT2D eigenvalue weighted by Crippen LogP contribution is -2.14. The predicted octanol–water partition coefficient (Wildman–Crippen LogP) is 3.49. The molecule has 0 aliphatic heterocycles. The molecule has 0 fully saturated rings. The van der Waals surface area contributed by atoms with Gasteiger partial charge in [0.2, 0.25) is 0 Å². The zero-order valence-corrected chi connectivity index (χ0v) is 10.1. The topological polar surface area (TPSA) is 26.0 Å². The van der Waals surface area contributed by atoms with Crippen LogP contribution in [0.15, 0.2) is 42.5 Å². The van der Waals surface area contributed by atoms with Gasteiger partial charge in [-0.15, -0.1) is 0 Å². The Morgan fingerprint density at radius 3 is 2.35 bits per heavy atom. The molecule has 0 saturated heterocycles. The van der Waals surface area contributed by atoms with Crippen molar-refractivity contribution < 1.29 is 4.39 Å². The number of halogens is 1. The number of hydrogen-bond donors (Lipinski definition) is 1. The van der Waals surface area contributed by atoms with E-state index in [1.165, 1.54) is 11.6 Å². The highest BCUT2D eigenvalue weighted by Crippen LogP contribution is 2.25. The van der Waals surface area contributed by atoms with E-state index in [0.29, 0.717) is 5.56 Å². The van der Waals surface area contributed by atoms with Crippen molar-refractivity contribution in [1.82, 2.24) is 0 Å². The van der Waals surface area contributed by atoms with Crippen LogP contribution in [-0.4, -0.2) is 0 Å². The molecule has 0 aromatic heterocycles. The maximum absolute atomic E-state index is 13.7. The fourth-order valence-electron chi connectivity index (χ4n) is 2.07. The van der Waals surface area contributed by atoms with Crippen molar-refractivity contribution >= 4 is 0 Å². The van der Waals surface area contributed by atoms with Crippen molar-refractivity contribution in [3.05, 3.63) is 70.5 Å². The first-order valence-corrected chi connectivity index (χ1v) is 5.67. The Morgan fingerprint density at radius 2 is 1.71 bits per heavy atom. The van der Waals surface area contributed by atoms with Gasteiger partial charge in [-0.3, -0.25) is 0 Å². The molecule has 17 heavy (non-hydrogen) atoms. The van der Waals surface area contributed by atoms with Crippen LogP contribution in [0.2, 0.25) is 0 Å². The van der Waals surface area contributed by atoms with Crippen molar-refractivity contribution in [2.45, 2.75) is 19.9 Å². The van der Waals surface area contributed by atoms with Crippen molar-refractivity contribution in [1.29, 1.82) is 0 Å². The second kappa shape index (κ2) is 4.68. The van der Waals surface area contributed by atoms with Gasteiger partial charge in [0, 0.05) is 5.56 Å². The highest BCUT2D eigenvalue weighted by atomic mass is 19.1. The van der Waals surface area contributed by atoms with Crippen LogP contribution >= 0.6 is 0 Å². The second-order valence-corrected chi connectivity index (χ2v) is 4.36. The minimum absolute atomic E-state index is 0.250. The molecule has 0 aliphatic carbocycles. The highest BCUT2D eigenvalue weighted by Gasteiger charge is 2.14. The van der Waals surface area contributed by atoms with Gasteiger partial charge >= 0.3 is 0 Å². The molecule has 0 saturated carbocycles. The van der Waals surface area contributed by atoms with Crippen LogP contribution < -0.4 is 5.73 Å². The zero-order chi connectivity index (χ0) is 12.4. The summed E-state index contributed by atoms with van der Waals surface area (Å²) in [6, 6.07) is 12.3.